The number of aromatic nitrogens is 6. The van der Waals surface area contributed by atoms with Crippen molar-refractivity contribution < 1.29 is 14.3 Å². The van der Waals surface area contributed by atoms with E-state index in [2.05, 4.69) is 32.1 Å². The van der Waals surface area contributed by atoms with Crippen LogP contribution in [0, 0.1) is 13.8 Å². The highest BCUT2D eigenvalue weighted by Gasteiger charge is 2.19. The van der Waals surface area contributed by atoms with Crippen LogP contribution in [0.3, 0.4) is 0 Å². The Bertz CT molecular complexity index is 1510. The van der Waals surface area contributed by atoms with Crippen LogP contribution >= 0.6 is 0 Å². The molecule has 0 radical (unpaired) electrons. The smallest absolute Gasteiger partial charge is 0.192 e. The molecule has 34 heavy (non-hydrogen) atoms. The number of rotatable bonds is 7. The van der Waals surface area contributed by atoms with Crippen LogP contribution in [-0.2, 0) is 11.4 Å². The molecule has 0 saturated carbocycles. The topological polar surface area (TPSA) is 101 Å². The number of aryl methyl sites for hydroxylation is 1. The standard InChI is InChI=1S/C24H23N7O3/c1-15-16(2)31(21-7-5-6-10-25-21)23-22(15)24-28-20(29-30(24)14-26-23)13-34-27-12-17-8-9-18(32-3)19(11-17)33-4/h5-12,14H,13H2,1-4H3/b27-12+. The third kappa shape index (κ3) is 3.68. The maximum Gasteiger partial charge on any atom is 0.192 e. The Morgan fingerprint density at radius 1 is 1.00 bits per heavy atom. The normalized spacial score (nSPS) is 11.5. The Labute approximate surface area is 195 Å². The lowest BCUT2D eigenvalue weighted by molar-refractivity contribution is 0.126. The number of ether oxygens (including phenoxy) is 2. The van der Waals surface area contributed by atoms with Gasteiger partial charge in [-0.15, -0.1) is 5.10 Å². The number of pyridine rings is 1. The quantitative estimate of drug-likeness (QED) is 0.272. The van der Waals surface area contributed by atoms with E-state index >= 15 is 0 Å². The Hall–Kier alpha value is -4.47. The number of benzene rings is 1. The molecule has 0 fully saturated rings. The van der Waals surface area contributed by atoms with E-state index in [1.54, 1.807) is 37.5 Å². The number of nitrogens with zero attached hydrogens (tertiary/aromatic N) is 7. The molecule has 172 valence electrons. The van der Waals surface area contributed by atoms with Crippen LogP contribution in [0.2, 0.25) is 0 Å². The van der Waals surface area contributed by atoms with Gasteiger partial charge >= 0.3 is 0 Å². The highest BCUT2D eigenvalue weighted by atomic mass is 16.6. The van der Waals surface area contributed by atoms with E-state index in [4.69, 9.17) is 14.3 Å². The molecule has 4 aromatic heterocycles. The third-order valence-electron chi connectivity index (χ3n) is 5.63. The Morgan fingerprint density at radius 3 is 2.62 bits per heavy atom. The fraction of sp³-hybridized carbons (Fsp3) is 0.208. The van der Waals surface area contributed by atoms with Gasteiger partial charge in [-0.25, -0.2) is 19.5 Å². The van der Waals surface area contributed by atoms with Gasteiger partial charge in [0.15, 0.2) is 35.2 Å². The highest BCUT2D eigenvalue weighted by molar-refractivity contribution is 5.94. The summed E-state index contributed by atoms with van der Waals surface area (Å²) in [6.07, 6.45) is 5.01. The number of oxime groups is 1. The summed E-state index contributed by atoms with van der Waals surface area (Å²) in [5.74, 6) is 2.58. The molecule has 0 aliphatic heterocycles. The molecule has 0 atom stereocenters. The number of methoxy groups -OCH3 is 2. The lowest BCUT2D eigenvalue weighted by Crippen LogP contribution is -2.01. The molecule has 0 amide bonds. The Morgan fingerprint density at radius 2 is 1.85 bits per heavy atom. The molecule has 4 heterocycles. The predicted molar refractivity (Wildman–Crippen MR) is 127 cm³/mol. The van der Waals surface area contributed by atoms with E-state index in [1.165, 1.54) is 0 Å². The van der Waals surface area contributed by atoms with Crippen LogP contribution in [0.1, 0.15) is 22.6 Å². The minimum Gasteiger partial charge on any atom is -0.493 e. The van der Waals surface area contributed by atoms with Crippen LogP contribution in [0.4, 0.5) is 0 Å². The molecule has 10 nitrogen and oxygen atoms in total. The van der Waals surface area contributed by atoms with Gasteiger partial charge in [0, 0.05) is 17.5 Å². The molecule has 0 aliphatic rings. The van der Waals surface area contributed by atoms with Crippen LogP contribution in [-0.4, -0.2) is 49.6 Å². The van der Waals surface area contributed by atoms with Crippen LogP contribution < -0.4 is 9.47 Å². The van der Waals surface area contributed by atoms with Gasteiger partial charge in [-0.1, -0.05) is 11.2 Å². The highest BCUT2D eigenvalue weighted by Crippen LogP contribution is 2.29. The monoisotopic (exact) mass is 457 g/mol. The summed E-state index contributed by atoms with van der Waals surface area (Å²) < 4.78 is 14.2. The summed E-state index contributed by atoms with van der Waals surface area (Å²) in [7, 11) is 3.18. The van der Waals surface area contributed by atoms with Crippen molar-refractivity contribution in [1.29, 1.82) is 0 Å². The summed E-state index contributed by atoms with van der Waals surface area (Å²) in [6.45, 7) is 4.22. The summed E-state index contributed by atoms with van der Waals surface area (Å²) in [6, 6.07) is 11.3. The SMILES string of the molecule is COc1ccc(/C=N/OCc2nc3c4c(C)c(C)n(-c5ccccn5)c4ncn3n2)cc1OC. The van der Waals surface area contributed by atoms with Crippen LogP contribution in [0.25, 0.3) is 22.5 Å². The largest absolute Gasteiger partial charge is 0.493 e. The summed E-state index contributed by atoms with van der Waals surface area (Å²) in [5.41, 5.74) is 4.43. The van der Waals surface area contributed by atoms with Crippen molar-refractivity contribution in [3.05, 3.63) is 71.6 Å². The average Bonchev–Trinajstić information content (AvgIpc) is 3.40. The van der Waals surface area contributed by atoms with Gasteiger partial charge in [-0.3, -0.25) is 4.57 Å². The van der Waals surface area contributed by atoms with E-state index in [0.717, 1.165) is 33.7 Å². The Balaban J connectivity index is 1.40. The number of fused-ring (bicyclic) bond motifs is 3. The lowest BCUT2D eigenvalue weighted by Gasteiger charge is -2.07. The first-order chi connectivity index (χ1) is 16.6. The molecule has 0 bridgehead atoms. The van der Waals surface area contributed by atoms with Gasteiger partial charge in [0.05, 0.1) is 25.8 Å². The fourth-order valence-electron chi connectivity index (χ4n) is 3.86. The van der Waals surface area contributed by atoms with E-state index in [9.17, 15) is 0 Å². The molecular weight excluding hydrogens is 434 g/mol. The van der Waals surface area contributed by atoms with Crippen molar-refractivity contribution in [3.8, 4) is 17.3 Å². The van der Waals surface area contributed by atoms with Gasteiger partial charge in [-0.05, 0) is 49.7 Å². The Kier molecular flexibility index (Phi) is 5.54. The number of hydrogen-bond donors (Lipinski definition) is 0. The van der Waals surface area contributed by atoms with Crippen molar-refractivity contribution >= 4 is 22.9 Å². The van der Waals surface area contributed by atoms with E-state index < -0.39 is 0 Å². The minimum absolute atomic E-state index is 0.117. The molecule has 1 aromatic carbocycles. The molecular formula is C24H23N7O3. The average molecular weight is 457 g/mol. The summed E-state index contributed by atoms with van der Waals surface area (Å²) >= 11 is 0. The van der Waals surface area contributed by atoms with Crippen molar-refractivity contribution in [1.82, 2.24) is 29.1 Å². The van der Waals surface area contributed by atoms with Crippen molar-refractivity contribution in [2.24, 2.45) is 5.16 Å². The molecule has 5 aromatic rings. The van der Waals surface area contributed by atoms with Gasteiger partial charge in [0.1, 0.15) is 12.1 Å². The molecule has 0 saturated heterocycles. The van der Waals surface area contributed by atoms with Crippen molar-refractivity contribution in [2.45, 2.75) is 20.5 Å². The number of hydrogen-bond acceptors (Lipinski definition) is 8. The van der Waals surface area contributed by atoms with Crippen molar-refractivity contribution in [3.63, 3.8) is 0 Å². The first-order valence-electron chi connectivity index (χ1n) is 10.6. The predicted octanol–water partition coefficient (Wildman–Crippen LogP) is 3.65. The second-order valence-electron chi connectivity index (χ2n) is 7.60. The summed E-state index contributed by atoms with van der Waals surface area (Å²) in [4.78, 5) is 19.3. The zero-order valence-corrected chi connectivity index (χ0v) is 19.3. The molecule has 0 spiro atoms. The van der Waals surface area contributed by atoms with Crippen LogP contribution in [0.5, 0.6) is 11.5 Å². The zero-order chi connectivity index (χ0) is 23.7. The molecule has 10 heteroatoms. The first-order valence-corrected chi connectivity index (χ1v) is 10.6. The van der Waals surface area contributed by atoms with E-state index in [1.807, 2.05) is 47.9 Å². The zero-order valence-electron chi connectivity index (χ0n) is 19.3. The molecule has 0 unspecified atom stereocenters. The molecule has 5 rings (SSSR count). The van der Waals surface area contributed by atoms with Gasteiger partial charge in [-0.2, -0.15) is 0 Å². The third-order valence-corrected chi connectivity index (χ3v) is 5.63. The second-order valence-corrected chi connectivity index (χ2v) is 7.60. The molecule has 0 aliphatic carbocycles. The first kappa shape index (κ1) is 21.4. The van der Waals surface area contributed by atoms with E-state index in [-0.39, 0.29) is 6.61 Å². The fourth-order valence-corrected chi connectivity index (χ4v) is 3.86. The van der Waals surface area contributed by atoms with Crippen molar-refractivity contribution in [2.75, 3.05) is 14.2 Å². The van der Waals surface area contributed by atoms with Crippen LogP contribution in [0.15, 0.2) is 54.1 Å². The minimum atomic E-state index is 0.117. The molecule has 0 N–H and O–H groups in total. The maximum absolute atomic E-state index is 5.45. The summed E-state index contributed by atoms with van der Waals surface area (Å²) in [5, 5.41) is 9.46. The maximum atomic E-state index is 5.45. The van der Waals surface area contributed by atoms with Gasteiger partial charge in [0.2, 0.25) is 0 Å². The van der Waals surface area contributed by atoms with Gasteiger partial charge < -0.3 is 14.3 Å². The lowest BCUT2D eigenvalue weighted by atomic mass is 10.2. The second kappa shape index (κ2) is 8.81. The van der Waals surface area contributed by atoms with E-state index in [0.29, 0.717) is 23.0 Å². The van der Waals surface area contributed by atoms with Gasteiger partial charge in [0.25, 0.3) is 0 Å².